The highest BCUT2D eigenvalue weighted by atomic mass is 16.5. The number of likely N-dealkylation sites (tertiary alicyclic amines) is 1. The Morgan fingerprint density at radius 1 is 1.09 bits per heavy atom. The molecule has 3 aromatic rings. The molecular weight excluding hydrogens is 404 g/mol. The standard InChI is InChI=1S/C26H28N2O4/c1-17-13-20(14-26(30)28(17)19-8-9-19)32-21-15-27(16-21)25(29)12-10-23-22-6-4-3-5-18(22)7-11-24(23)31-2/h3-7,11,13-14,19,21H,8-10,12,15-16H2,1-2H3. The molecule has 1 aliphatic heterocycles. The number of fused-ring (bicyclic) bond motifs is 1. The van der Waals surface area contributed by atoms with Crippen LogP contribution in [0, 0.1) is 6.92 Å². The summed E-state index contributed by atoms with van der Waals surface area (Å²) in [7, 11) is 1.66. The van der Waals surface area contributed by atoms with Crippen LogP contribution < -0.4 is 15.0 Å². The van der Waals surface area contributed by atoms with Gasteiger partial charge >= 0.3 is 0 Å². The molecule has 6 nitrogen and oxygen atoms in total. The van der Waals surface area contributed by atoms with E-state index >= 15 is 0 Å². The van der Waals surface area contributed by atoms with Crippen molar-refractivity contribution in [2.45, 2.75) is 44.8 Å². The summed E-state index contributed by atoms with van der Waals surface area (Å²) in [4.78, 5) is 26.9. The van der Waals surface area contributed by atoms with Crippen LogP contribution in [0.5, 0.6) is 11.5 Å². The van der Waals surface area contributed by atoms with Crippen molar-refractivity contribution < 1.29 is 14.3 Å². The van der Waals surface area contributed by atoms with Crippen molar-refractivity contribution in [2.75, 3.05) is 20.2 Å². The molecule has 2 aromatic carbocycles. The maximum Gasteiger partial charge on any atom is 0.254 e. The van der Waals surface area contributed by atoms with Crippen LogP contribution in [-0.4, -0.2) is 41.7 Å². The maximum atomic E-state index is 12.7. The largest absolute Gasteiger partial charge is 0.496 e. The zero-order chi connectivity index (χ0) is 22.2. The van der Waals surface area contributed by atoms with Crippen molar-refractivity contribution in [3.05, 3.63) is 70.1 Å². The zero-order valence-electron chi connectivity index (χ0n) is 18.5. The molecule has 1 saturated carbocycles. The molecule has 1 amide bonds. The lowest BCUT2D eigenvalue weighted by atomic mass is 9.99. The second-order valence-electron chi connectivity index (χ2n) is 8.78. The van der Waals surface area contributed by atoms with E-state index in [0.717, 1.165) is 40.6 Å². The van der Waals surface area contributed by atoms with Crippen molar-refractivity contribution in [1.82, 2.24) is 9.47 Å². The summed E-state index contributed by atoms with van der Waals surface area (Å²) < 4.78 is 13.4. The molecule has 1 aliphatic carbocycles. The monoisotopic (exact) mass is 432 g/mol. The van der Waals surface area contributed by atoms with E-state index < -0.39 is 0 Å². The molecule has 0 unspecified atom stereocenters. The van der Waals surface area contributed by atoms with E-state index in [4.69, 9.17) is 9.47 Å². The minimum absolute atomic E-state index is 0.00112. The molecule has 2 fully saturated rings. The fraction of sp³-hybridized carbons (Fsp3) is 0.385. The molecule has 2 aliphatic rings. The van der Waals surface area contributed by atoms with E-state index in [1.165, 1.54) is 0 Å². The van der Waals surface area contributed by atoms with Gasteiger partial charge in [-0.15, -0.1) is 0 Å². The van der Waals surface area contributed by atoms with Crippen molar-refractivity contribution in [1.29, 1.82) is 0 Å². The highest BCUT2D eigenvalue weighted by Gasteiger charge is 2.33. The normalized spacial score (nSPS) is 16.1. The Kier molecular flexibility index (Phi) is 5.37. The van der Waals surface area contributed by atoms with Crippen molar-refractivity contribution in [2.24, 2.45) is 0 Å². The molecular formula is C26H28N2O4. The first-order chi connectivity index (χ1) is 15.5. The van der Waals surface area contributed by atoms with Gasteiger partial charge in [-0.1, -0.05) is 30.3 Å². The topological polar surface area (TPSA) is 60.8 Å². The van der Waals surface area contributed by atoms with Gasteiger partial charge in [-0.2, -0.15) is 0 Å². The van der Waals surface area contributed by atoms with Crippen LogP contribution in [-0.2, 0) is 11.2 Å². The Bertz CT molecular complexity index is 1220. The summed E-state index contributed by atoms with van der Waals surface area (Å²) in [5, 5.41) is 2.27. The molecule has 1 aromatic heterocycles. The van der Waals surface area contributed by atoms with Crippen LogP contribution in [0.4, 0.5) is 0 Å². The average Bonchev–Trinajstić information content (AvgIpc) is 3.58. The third-order valence-corrected chi connectivity index (χ3v) is 6.46. The van der Waals surface area contributed by atoms with Crippen LogP contribution in [0.1, 0.15) is 36.6 Å². The van der Waals surface area contributed by atoms with E-state index in [1.807, 2.05) is 46.7 Å². The fourth-order valence-electron chi connectivity index (χ4n) is 4.61. The smallest absolute Gasteiger partial charge is 0.254 e. The number of carbonyl (C=O) groups excluding carboxylic acids is 1. The van der Waals surface area contributed by atoms with E-state index in [2.05, 4.69) is 12.1 Å². The van der Waals surface area contributed by atoms with Crippen LogP contribution in [0.2, 0.25) is 0 Å². The van der Waals surface area contributed by atoms with Crippen molar-refractivity contribution >= 4 is 16.7 Å². The van der Waals surface area contributed by atoms with Gasteiger partial charge in [0, 0.05) is 29.8 Å². The Morgan fingerprint density at radius 2 is 1.88 bits per heavy atom. The first-order valence-electron chi connectivity index (χ1n) is 11.3. The Labute approximate surface area is 187 Å². The number of amides is 1. The van der Waals surface area contributed by atoms with Crippen molar-refractivity contribution in [3.63, 3.8) is 0 Å². The van der Waals surface area contributed by atoms with E-state index in [1.54, 1.807) is 13.2 Å². The molecule has 5 rings (SSSR count). The molecule has 0 bridgehead atoms. The van der Waals surface area contributed by atoms with Crippen molar-refractivity contribution in [3.8, 4) is 11.5 Å². The van der Waals surface area contributed by atoms with Gasteiger partial charge < -0.3 is 18.9 Å². The summed E-state index contributed by atoms with van der Waals surface area (Å²) >= 11 is 0. The van der Waals surface area contributed by atoms with Crippen LogP contribution in [0.3, 0.4) is 0 Å². The molecule has 6 heteroatoms. The van der Waals surface area contributed by atoms with Gasteiger partial charge in [0.2, 0.25) is 5.91 Å². The second-order valence-corrected chi connectivity index (χ2v) is 8.78. The number of carbonyl (C=O) groups is 1. The predicted octanol–water partition coefficient (Wildman–Crippen LogP) is 3.88. The van der Waals surface area contributed by atoms with Crippen LogP contribution in [0.15, 0.2) is 53.3 Å². The lowest BCUT2D eigenvalue weighted by Gasteiger charge is -2.39. The summed E-state index contributed by atoms with van der Waals surface area (Å²) in [6, 6.07) is 16.0. The molecule has 0 N–H and O–H groups in total. The quantitative estimate of drug-likeness (QED) is 0.569. The summed E-state index contributed by atoms with van der Waals surface area (Å²) in [6.45, 7) is 3.05. The number of methoxy groups -OCH3 is 1. The Hall–Kier alpha value is -3.28. The number of pyridine rings is 1. The minimum atomic E-state index is -0.0679. The third kappa shape index (κ3) is 3.97. The van der Waals surface area contributed by atoms with Gasteiger partial charge in [0.05, 0.1) is 20.2 Å². The molecule has 1 saturated heterocycles. The number of hydrogen-bond donors (Lipinski definition) is 0. The Balaban J connectivity index is 1.18. The first-order valence-corrected chi connectivity index (χ1v) is 11.3. The maximum absolute atomic E-state index is 12.7. The molecule has 0 atom stereocenters. The average molecular weight is 433 g/mol. The number of hydrogen-bond acceptors (Lipinski definition) is 4. The first kappa shape index (κ1) is 20.6. The van der Waals surface area contributed by atoms with Crippen LogP contribution >= 0.6 is 0 Å². The number of aryl methyl sites for hydroxylation is 2. The van der Waals surface area contributed by atoms with Crippen LogP contribution in [0.25, 0.3) is 10.8 Å². The molecule has 32 heavy (non-hydrogen) atoms. The number of rotatable bonds is 7. The lowest BCUT2D eigenvalue weighted by Crippen LogP contribution is -2.56. The number of benzene rings is 2. The lowest BCUT2D eigenvalue weighted by molar-refractivity contribution is -0.139. The molecule has 166 valence electrons. The number of nitrogens with zero attached hydrogens (tertiary/aromatic N) is 2. The zero-order valence-corrected chi connectivity index (χ0v) is 18.5. The highest BCUT2D eigenvalue weighted by Crippen LogP contribution is 2.35. The van der Waals surface area contributed by atoms with Gasteiger partial charge in [-0.05, 0) is 49.1 Å². The third-order valence-electron chi connectivity index (χ3n) is 6.46. The Morgan fingerprint density at radius 3 is 2.59 bits per heavy atom. The number of aromatic nitrogens is 1. The summed E-state index contributed by atoms with van der Waals surface area (Å²) in [6.07, 6.45) is 3.13. The minimum Gasteiger partial charge on any atom is -0.496 e. The number of ether oxygens (including phenoxy) is 2. The van der Waals surface area contributed by atoms with Gasteiger partial charge in [0.1, 0.15) is 17.6 Å². The van der Waals surface area contributed by atoms with E-state index in [9.17, 15) is 9.59 Å². The van der Waals surface area contributed by atoms with Gasteiger partial charge in [-0.3, -0.25) is 9.59 Å². The predicted molar refractivity (Wildman–Crippen MR) is 124 cm³/mol. The SMILES string of the molecule is COc1ccc2ccccc2c1CCC(=O)N1CC(Oc2cc(C)n(C3CC3)c(=O)c2)C1. The van der Waals surface area contributed by atoms with Gasteiger partial charge in [0.25, 0.3) is 5.56 Å². The second kappa shape index (κ2) is 8.34. The van der Waals surface area contributed by atoms with Gasteiger partial charge in [-0.25, -0.2) is 0 Å². The van der Waals surface area contributed by atoms with Gasteiger partial charge in [0.15, 0.2) is 0 Å². The van der Waals surface area contributed by atoms with E-state index in [0.29, 0.717) is 37.7 Å². The summed E-state index contributed by atoms with van der Waals surface area (Å²) in [5.41, 5.74) is 2.00. The fourth-order valence-corrected chi connectivity index (χ4v) is 4.61. The molecule has 2 heterocycles. The molecule has 0 spiro atoms. The van der Waals surface area contributed by atoms with E-state index in [-0.39, 0.29) is 17.6 Å². The summed E-state index contributed by atoms with van der Waals surface area (Å²) in [5.74, 6) is 1.53. The molecule has 0 radical (unpaired) electrons. The highest BCUT2D eigenvalue weighted by molar-refractivity contribution is 5.88.